The summed E-state index contributed by atoms with van der Waals surface area (Å²) < 4.78 is 38.2. The lowest BCUT2D eigenvalue weighted by molar-refractivity contribution is -0.137. The molecule has 7 heteroatoms. The molecule has 1 aliphatic heterocycles. The van der Waals surface area contributed by atoms with Gasteiger partial charge in [-0.3, -0.25) is 4.79 Å². The average molecular weight is 287 g/mol. The van der Waals surface area contributed by atoms with Crippen LogP contribution in [0.4, 0.5) is 19.0 Å². The Morgan fingerprint density at radius 1 is 1.45 bits per heavy atom. The van der Waals surface area contributed by atoms with Crippen molar-refractivity contribution in [2.24, 2.45) is 11.7 Å². The number of hydrogen-bond donors (Lipinski definition) is 1. The van der Waals surface area contributed by atoms with E-state index >= 15 is 0 Å². The molecule has 0 bridgehead atoms. The molecule has 0 aromatic carbocycles. The predicted molar refractivity (Wildman–Crippen MR) is 68.0 cm³/mol. The number of halogens is 3. The van der Waals surface area contributed by atoms with Gasteiger partial charge in [-0.05, 0) is 31.9 Å². The Kier molecular flexibility index (Phi) is 3.87. The number of amides is 1. The molecular weight excluding hydrogens is 271 g/mol. The van der Waals surface area contributed by atoms with Crippen LogP contribution in [-0.4, -0.2) is 23.5 Å². The van der Waals surface area contributed by atoms with E-state index in [-0.39, 0.29) is 17.8 Å². The molecule has 20 heavy (non-hydrogen) atoms. The van der Waals surface area contributed by atoms with Gasteiger partial charge >= 0.3 is 6.18 Å². The SMILES string of the molecule is C[C@H]1CC[C@H](C(N)=O)CN1c1cc(C(F)(F)F)ccn1. The molecule has 0 radical (unpaired) electrons. The first-order valence-corrected chi connectivity index (χ1v) is 6.38. The highest BCUT2D eigenvalue weighted by Crippen LogP contribution is 2.32. The van der Waals surface area contributed by atoms with Crippen molar-refractivity contribution < 1.29 is 18.0 Å². The molecule has 1 amide bonds. The van der Waals surface area contributed by atoms with Crippen molar-refractivity contribution in [3.05, 3.63) is 23.9 Å². The Balaban J connectivity index is 2.27. The summed E-state index contributed by atoms with van der Waals surface area (Å²) >= 11 is 0. The van der Waals surface area contributed by atoms with Crippen LogP contribution in [-0.2, 0) is 11.0 Å². The number of carbonyl (C=O) groups is 1. The standard InChI is InChI=1S/C13H16F3N3O/c1-8-2-3-9(12(17)20)7-19(8)11-6-10(4-5-18-11)13(14,15)16/h4-6,8-9H,2-3,7H2,1H3,(H2,17,20)/t8-,9-/m0/s1. The fraction of sp³-hybridized carbons (Fsp3) is 0.538. The topological polar surface area (TPSA) is 59.2 Å². The number of nitrogens with zero attached hydrogens (tertiary/aromatic N) is 2. The average Bonchev–Trinajstić information content (AvgIpc) is 2.38. The largest absolute Gasteiger partial charge is 0.416 e. The van der Waals surface area contributed by atoms with E-state index < -0.39 is 17.6 Å². The number of alkyl halides is 3. The molecule has 110 valence electrons. The summed E-state index contributed by atoms with van der Waals surface area (Å²) in [4.78, 5) is 17.0. The van der Waals surface area contributed by atoms with Crippen molar-refractivity contribution in [1.29, 1.82) is 0 Å². The van der Waals surface area contributed by atoms with Gasteiger partial charge in [-0.25, -0.2) is 4.98 Å². The minimum atomic E-state index is -4.40. The number of piperidine rings is 1. The van der Waals surface area contributed by atoms with E-state index in [4.69, 9.17) is 5.73 Å². The minimum Gasteiger partial charge on any atom is -0.369 e. The van der Waals surface area contributed by atoms with Gasteiger partial charge in [0.25, 0.3) is 0 Å². The van der Waals surface area contributed by atoms with Gasteiger partial charge < -0.3 is 10.6 Å². The second-order valence-electron chi connectivity index (χ2n) is 5.08. The van der Waals surface area contributed by atoms with Crippen LogP contribution in [0.15, 0.2) is 18.3 Å². The monoisotopic (exact) mass is 287 g/mol. The van der Waals surface area contributed by atoms with Crippen LogP contribution < -0.4 is 10.6 Å². The number of rotatable bonds is 2. The zero-order valence-corrected chi connectivity index (χ0v) is 11.0. The Hall–Kier alpha value is -1.79. The van der Waals surface area contributed by atoms with Crippen LogP contribution in [0.5, 0.6) is 0 Å². The molecule has 1 saturated heterocycles. The smallest absolute Gasteiger partial charge is 0.369 e. The Bertz CT molecular complexity index is 504. The molecule has 1 aliphatic rings. The van der Waals surface area contributed by atoms with E-state index in [0.29, 0.717) is 19.4 Å². The summed E-state index contributed by atoms with van der Waals surface area (Å²) in [5.41, 5.74) is 4.55. The van der Waals surface area contributed by atoms with Crippen molar-refractivity contribution in [2.45, 2.75) is 32.0 Å². The van der Waals surface area contributed by atoms with Crippen LogP contribution in [0.2, 0.25) is 0 Å². The van der Waals surface area contributed by atoms with Gasteiger partial charge in [0.1, 0.15) is 5.82 Å². The van der Waals surface area contributed by atoms with Crippen molar-refractivity contribution >= 4 is 11.7 Å². The highest BCUT2D eigenvalue weighted by Gasteiger charge is 2.33. The number of anilines is 1. The summed E-state index contributed by atoms with van der Waals surface area (Å²) in [5.74, 6) is -0.533. The lowest BCUT2D eigenvalue weighted by atomic mass is 9.93. The predicted octanol–water partition coefficient (Wildman–Crippen LogP) is 2.19. The summed E-state index contributed by atoms with van der Waals surface area (Å²) in [7, 11) is 0. The summed E-state index contributed by atoms with van der Waals surface area (Å²) in [6, 6.07) is 1.98. The molecule has 4 nitrogen and oxygen atoms in total. The maximum absolute atomic E-state index is 12.7. The van der Waals surface area contributed by atoms with Crippen molar-refractivity contribution in [3.63, 3.8) is 0 Å². The van der Waals surface area contributed by atoms with Gasteiger partial charge in [-0.15, -0.1) is 0 Å². The van der Waals surface area contributed by atoms with Crippen LogP contribution in [0.3, 0.4) is 0 Å². The highest BCUT2D eigenvalue weighted by molar-refractivity contribution is 5.77. The van der Waals surface area contributed by atoms with Crippen LogP contribution in [0.1, 0.15) is 25.3 Å². The van der Waals surface area contributed by atoms with E-state index in [1.807, 2.05) is 6.92 Å². The molecule has 1 aromatic rings. The van der Waals surface area contributed by atoms with E-state index in [9.17, 15) is 18.0 Å². The molecule has 1 fully saturated rings. The molecule has 2 heterocycles. The first kappa shape index (κ1) is 14.6. The second kappa shape index (κ2) is 5.30. The lowest BCUT2D eigenvalue weighted by Gasteiger charge is -2.37. The third-order valence-electron chi connectivity index (χ3n) is 3.65. The van der Waals surface area contributed by atoms with E-state index in [1.54, 1.807) is 4.90 Å². The summed E-state index contributed by atoms with van der Waals surface area (Å²) in [6.45, 7) is 2.21. The maximum Gasteiger partial charge on any atom is 0.416 e. The third kappa shape index (κ3) is 3.02. The fourth-order valence-electron chi connectivity index (χ4n) is 2.41. The molecule has 0 saturated carbocycles. The number of hydrogen-bond acceptors (Lipinski definition) is 3. The Morgan fingerprint density at radius 2 is 2.15 bits per heavy atom. The molecule has 1 aromatic heterocycles. The van der Waals surface area contributed by atoms with Crippen molar-refractivity contribution in [2.75, 3.05) is 11.4 Å². The molecule has 0 aliphatic carbocycles. The molecule has 2 atom stereocenters. The quantitative estimate of drug-likeness (QED) is 0.907. The second-order valence-corrected chi connectivity index (χ2v) is 5.08. The van der Waals surface area contributed by atoms with Gasteiger partial charge in [0.2, 0.25) is 5.91 Å². The Morgan fingerprint density at radius 3 is 2.75 bits per heavy atom. The van der Waals surface area contributed by atoms with E-state index in [2.05, 4.69) is 4.98 Å². The van der Waals surface area contributed by atoms with Crippen molar-refractivity contribution in [1.82, 2.24) is 4.98 Å². The highest BCUT2D eigenvalue weighted by atomic mass is 19.4. The summed E-state index contributed by atoms with van der Waals surface area (Å²) in [5, 5.41) is 0. The zero-order chi connectivity index (χ0) is 14.9. The van der Waals surface area contributed by atoms with Gasteiger partial charge in [-0.2, -0.15) is 13.2 Å². The number of carbonyl (C=O) groups excluding carboxylic acids is 1. The minimum absolute atomic E-state index is 0.0292. The normalized spacial score (nSPS) is 23.7. The molecule has 0 spiro atoms. The van der Waals surface area contributed by atoms with Gasteiger partial charge in [0.15, 0.2) is 0 Å². The van der Waals surface area contributed by atoms with Crippen molar-refractivity contribution in [3.8, 4) is 0 Å². The summed E-state index contributed by atoms with van der Waals surface area (Å²) in [6.07, 6.45) is -1.91. The van der Waals surface area contributed by atoms with Gasteiger partial charge in [0.05, 0.1) is 11.5 Å². The van der Waals surface area contributed by atoms with Crippen LogP contribution in [0.25, 0.3) is 0 Å². The van der Waals surface area contributed by atoms with Crippen LogP contribution >= 0.6 is 0 Å². The molecule has 2 N–H and O–H groups in total. The maximum atomic E-state index is 12.7. The number of pyridine rings is 1. The van der Waals surface area contributed by atoms with Crippen LogP contribution in [0, 0.1) is 5.92 Å². The van der Waals surface area contributed by atoms with E-state index in [1.165, 1.54) is 0 Å². The third-order valence-corrected chi connectivity index (χ3v) is 3.65. The molecular formula is C13H16F3N3O. The lowest BCUT2D eigenvalue weighted by Crippen LogP contribution is -2.46. The molecule has 2 rings (SSSR count). The zero-order valence-electron chi connectivity index (χ0n) is 11.0. The van der Waals surface area contributed by atoms with Gasteiger partial charge in [0, 0.05) is 18.8 Å². The Labute approximate surface area is 114 Å². The first-order chi connectivity index (χ1) is 9.29. The number of primary amides is 1. The number of aromatic nitrogens is 1. The molecule has 0 unspecified atom stereocenters. The number of nitrogens with two attached hydrogens (primary N) is 1. The van der Waals surface area contributed by atoms with E-state index in [0.717, 1.165) is 18.3 Å². The van der Waals surface area contributed by atoms with Gasteiger partial charge in [-0.1, -0.05) is 0 Å². The first-order valence-electron chi connectivity index (χ1n) is 6.38. The fourth-order valence-corrected chi connectivity index (χ4v) is 2.41.